The maximum absolute atomic E-state index is 11.6. The van der Waals surface area contributed by atoms with E-state index in [1.165, 1.54) is 0 Å². The van der Waals surface area contributed by atoms with Gasteiger partial charge in [-0.2, -0.15) is 17.7 Å². The van der Waals surface area contributed by atoms with Crippen LogP contribution in [0, 0.1) is 5.92 Å². The molecule has 0 bridgehead atoms. The predicted molar refractivity (Wildman–Crippen MR) is 67.7 cm³/mol. The standard InChI is InChI=1S/C12H14N2OS/c15-12-10(7-4-8-16)11(13-14-12)9-5-2-1-3-6-9/h1-3,5-6,10,16H,4,7-8H2,(H,14,15)/t10-/m1/s1. The van der Waals surface area contributed by atoms with Crippen LogP contribution < -0.4 is 5.43 Å². The number of carbonyl (C=O) groups is 1. The lowest BCUT2D eigenvalue weighted by Gasteiger charge is -2.09. The summed E-state index contributed by atoms with van der Waals surface area (Å²) in [5, 5.41) is 4.11. The number of benzene rings is 1. The molecule has 0 fully saturated rings. The Balaban J connectivity index is 2.17. The molecular weight excluding hydrogens is 220 g/mol. The minimum absolute atomic E-state index is 0.000589. The monoisotopic (exact) mass is 234 g/mol. The Labute approximate surface area is 100 Å². The van der Waals surface area contributed by atoms with Crippen molar-refractivity contribution in [2.45, 2.75) is 12.8 Å². The van der Waals surface area contributed by atoms with Crippen LogP contribution in [0.4, 0.5) is 0 Å². The van der Waals surface area contributed by atoms with Crippen molar-refractivity contribution in [2.75, 3.05) is 5.75 Å². The molecule has 0 aromatic heterocycles. The minimum Gasteiger partial charge on any atom is -0.272 e. The molecule has 1 atom stereocenters. The largest absolute Gasteiger partial charge is 0.272 e. The van der Waals surface area contributed by atoms with Crippen molar-refractivity contribution >= 4 is 24.2 Å². The first-order valence-electron chi connectivity index (χ1n) is 5.36. The average molecular weight is 234 g/mol. The van der Waals surface area contributed by atoms with Gasteiger partial charge in [0.2, 0.25) is 5.91 Å². The Hall–Kier alpha value is -1.29. The summed E-state index contributed by atoms with van der Waals surface area (Å²) < 4.78 is 0. The molecule has 0 saturated heterocycles. The Kier molecular flexibility index (Phi) is 3.62. The zero-order valence-corrected chi connectivity index (χ0v) is 9.78. The van der Waals surface area contributed by atoms with E-state index in [1.54, 1.807) is 0 Å². The van der Waals surface area contributed by atoms with Crippen molar-refractivity contribution in [3.8, 4) is 0 Å². The molecule has 0 unspecified atom stereocenters. The maximum atomic E-state index is 11.6. The molecule has 1 aliphatic heterocycles. The number of thiol groups is 1. The molecule has 1 N–H and O–H groups in total. The first-order chi connectivity index (χ1) is 7.83. The summed E-state index contributed by atoms with van der Waals surface area (Å²) in [4.78, 5) is 11.6. The molecule has 0 spiro atoms. The van der Waals surface area contributed by atoms with Crippen LogP contribution in [0.25, 0.3) is 0 Å². The van der Waals surface area contributed by atoms with Gasteiger partial charge in [-0.15, -0.1) is 0 Å². The highest BCUT2D eigenvalue weighted by molar-refractivity contribution is 7.80. The molecule has 1 aromatic carbocycles. The summed E-state index contributed by atoms with van der Waals surface area (Å²) in [6.07, 6.45) is 1.73. The summed E-state index contributed by atoms with van der Waals surface area (Å²) in [5.74, 6) is 0.682. The first kappa shape index (κ1) is 11.2. The van der Waals surface area contributed by atoms with Crippen LogP contribution >= 0.6 is 12.6 Å². The number of hydrazone groups is 1. The van der Waals surface area contributed by atoms with Crippen LogP contribution in [0.1, 0.15) is 18.4 Å². The molecule has 1 aromatic rings. The van der Waals surface area contributed by atoms with Crippen LogP contribution in [0.2, 0.25) is 0 Å². The SMILES string of the molecule is O=C1NN=C(c2ccccc2)[C@H]1CCCS. The number of hydrogen-bond donors (Lipinski definition) is 2. The molecule has 4 heteroatoms. The van der Waals surface area contributed by atoms with E-state index in [0.717, 1.165) is 29.9 Å². The second-order valence-electron chi connectivity index (χ2n) is 3.76. The lowest BCUT2D eigenvalue weighted by Crippen LogP contribution is -2.23. The van der Waals surface area contributed by atoms with E-state index >= 15 is 0 Å². The van der Waals surface area contributed by atoms with Crippen LogP contribution in [0.5, 0.6) is 0 Å². The van der Waals surface area contributed by atoms with Gasteiger partial charge in [-0.25, -0.2) is 5.43 Å². The van der Waals surface area contributed by atoms with Crippen LogP contribution in [0.15, 0.2) is 35.4 Å². The molecule has 0 saturated carbocycles. The van der Waals surface area contributed by atoms with E-state index in [4.69, 9.17) is 0 Å². The normalized spacial score (nSPS) is 19.4. The third-order valence-electron chi connectivity index (χ3n) is 2.65. The summed E-state index contributed by atoms with van der Waals surface area (Å²) in [5.41, 5.74) is 4.42. The molecule has 3 nitrogen and oxygen atoms in total. The van der Waals surface area contributed by atoms with E-state index in [2.05, 4.69) is 23.2 Å². The average Bonchev–Trinajstić information content (AvgIpc) is 2.69. The molecule has 0 aliphatic carbocycles. The van der Waals surface area contributed by atoms with Crippen LogP contribution in [-0.2, 0) is 4.79 Å². The molecule has 1 amide bonds. The van der Waals surface area contributed by atoms with Gasteiger partial charge < -0.3 is 0 Å². The Morgan fingerprint density at radius 2 is 2.06 bits per heavy atom. The van der Waals surface area contributed by atoms with Gasteiger partial charge in [-0.05, 0) is 24.2 Å². The van der Waals surface area contributed by atoms with E-state index in [0.29, 0.717) is 0 Å². The van der Waals surface area contributed by atoms with Crippen LogP contribution in [-0.4, -0.2) is 17.4 Å². The summed E-state index contributed by atoms with van der Waals surface area (Å²) in [6, 6.07) is 9.82. The number of nitrogens with one attached hydrogen (secondary N) is 1. The van der Waals surface area contributed by atoms with Crippen molar-refractivity contribution in [3.63, 3.8) is 0 Å². The van der Waals surface area contributed by atoms with Gasteiger partial charge in [-0.1, -0.05) is 30.3 Å². The van der Waals surface area contributed by atoms with Gasteiger partial charge in [0.25, 0.3) is 0 Å². The molecule has 16 heavy (non-hydrogen) atoms. The van der Waals surface area contributed by atoms with E-state index in [9.17, 15) is 4.79 Å². The quantitative estimate of drug-likeness (QED) is 0.767. The Morgan fingerprint density at radius 3 is 2.75 bits per heavy atom. The molecule has 0 radical (unpaired) electrons. The minimum atomic E-state index is -0.116. The molecule has 1 aliphatic rings. The van der Waals surface area contributed by atoms with Crippen molar-refractivity contribution in [3.05, 3.63) is 35.9 Å². The van der Waals surface area contributed by atoms with E-state index < -0.39 is 0 Å². The topological polar surface area (TPSA) is 41.5 Å². The third-order valence-corrected chi connectivity index (χ3v) is 2.97. The van der Waals surface area contributed by atoms with E-state index in [-0.39, 0.29) is 11.8 Å². The maximum Gasteiger partial charge on any atom is 0.249 e. The van der Waals surface area contributed by atoms with Crippen molar-refractivity contribution in [1.82, 2.24) is 5.43 Å². The number of nitrogens with zero attached hydrogens (tertiary/aromatic N) is 1. The highest BCUT2D eigenvalue weighted by Gasteiger charge is 2.29. The Morgan fingerprint density at radius 1 is 1.31 bits per heavy atom. The second-order valence-corrected chi connectivity index (χ2v) is 4.20. The fourth-order valence-electron chi connectivity index (χ4n) is 1.83. The molecule has 1 heterocycles. The number of hydrogen-bond acceptors (Lipinski definition) is 3. The predicted octanol–water partition coefficient (Wildman–Crippen LogP) is 1.85. The number of carbonyl (C=O) groups excluding carboxylic acids is 1. The molecule has 2 rings (SSSR count). The highest BCUT2D eigenvalue weighted by Crippen LogP contribution is 2.19. The lowest BCUT2D eigenvalue weighted by atomic mass is 9.93. The molecule has 84 valence electrons. The smallest absolute Gasteiger partial charge is 0.249 e. The summed E-state index contributed by atoms with van der Waals surface area (Å²) in [6.45, 7) is 0. The fraction of sp³-hybridized carbons (Fsp3) is 0.333. The van der Waals surface area contributed by atoms with Crippen molar-refractivity contribution in [2.24, 2.45) is 11.0 Å². The van der Waals surface area contributed by atoms with Crippen LogP contribution in [0.3, 0.4) is 0 Å². The van der Waals surface area contributed by atoms with Gasteiger partial charge in [-0.3, -0.25) is 4.79 Å². The highest BCUT2D eigenvalue weighted by atomic mass is 32.1. The Bertz CT molecular complexity index is 403. The fourth-order valence-corrected chi connectivity index (χ4v) is 2.02. The van der Waals surface area contributed by atoms with E-state index in [1.807, 2.05) is 30.3 Å². The first-order valence-corrected chi connectivity index (χ1v) is 6.00. The number of rotatable bonds is 4. The van der Waals surface area contributed by atoms with Gasteiger partial charge in [0.15, 0.2) is 0 Å². The van der Waals surface area contributed by atoms with Crippen molar-refractivity contribution < 1.29 is 4.79 Å². The van der Waals surface area contributed by atoms with Gasteiger partial charge in [0.1, 0.15) is 0 Å². The zero-order valence-electron chi connectivity index (χ0n) is 8.89. The lowest BCUT2D eigenvalue weighted by molar-refractivity contribution is -0.122. The zero-order chi connectivity index (χ0) is 11.4. The van der Waals surface area contributed by atoms with Crippen molar-refractivity contribution in [1.29, 1.82) is 0 Å². The summed E-state index contributed by atoms with van der Waals surface area (Å²) >= 11 is 4.17. The second kappa shape index (κ2) is 5.16. The number of amides is 1. The third kappa shape index (κ3) is 2.27. The molecular formula is C12H14N2OS. The van der Waals surface area contributed by atoms with Gasteiger partial charge >= 0.3 is 0 Å². The van der Waals surface area contributed by atoms with Gasteiger partial charge in [0, 0.05) is 0 Å². The summed E-state index contributed by atoms with van der Waals surface area (Å²) in [7, 11) is 0. The van der Waals surface area contributed by atoms with Gasteiger partial charge in [0.05, 0.1) is 11.6 Å².